The van der Waals surface area contributed by atoms with Gasteiger partial charge in [-0.3, -0.25) is 4.79 Å². The predicted molar refractivity (Wildman–Crippen MR) is 67.0 cm³/mol. The quantitative estimate of drug-likeness (QED) is 0.797. The van der Waals surface area contributed by atoms with Crippen molar-refractivity contribution >= 4 is 5.91 Å². The summed E-state index contributed by atoms with van der Waals surface area (Å²) < 4.78 is 0. The van der Waals surface area contributed by atoms with E-state index < -0.39 is 0 Å². The summed E-state index contributed by atoms with van der Waals surface area (Å²) in [7, 11) is 0. The zero-order chi connectivity index (χ0) is 12.1. The molecule has 0 bridgehead atoms. The predicted octanol–water partition coefficient (Wildman–Crippen LogP) is 2.01. The molecule has 1 fully saturated rings. The molecule has 0 atom stereocenters. The van der Waals surface area contributed by atoms with Gasteiger partial charge in [0.25, 0.3) is 0 Å². The largest absolute Gasteiger partial charge is 0.342 e. The van der Waals surface area contributed by atoms with Crippen LogP contribution in [0, 0.1) is 11.8 Å². The average molecular weight is 226 g/mol. The summed E-state index contributed by atoms with van der Waals surface area (Å²) in [4.78, 5) is 14.3. The molecule has 1 rings (SSSR count). The van der Waals surface area contributed by atoms with Crippen molar-refractivity contribution in [1.82, 2.24) is 4.90 Å². The SMILES string of the molecule is CCN(CC(C)C)C(=O)C1CCC(N)CC1. The highest BCUT2D eigenvalue weighted by atomic mass is 16.2. The molecule has 3 nitrogen and oxygen atoms in total. The fraction of sp³-hybridized carbons (Fsp3) is 0.923. The molecule has 2 N–H and O–H groups in total. The molecule has 1 aliphatic rings. The second kappa shape index (κ2) is 6.24. The minimum Gasteiger partial charge on any atom is -0.342 e. The molecule has 0 aromatic rings. The summed E-state index contributed by atoms with van der Waals surface area (Å²) in [5.74, 6) is 1.14. The number of nitrogens with zero attached hydrogens (tertiary/aromatic N) is 1. The first-order chi connectivity index (χ1) is 7.54. The molecule has 0 heterocycles. The highest BCUT2D eigenvalue weighted by Crippen LogP contribution is 2.25. The van der Waals surface area contributed by atoms with Crippen LogP contribution in [0.25, 0.3) is 0 Å². The van der Waals surface area contributed by atoms with Gasteiger partial charge in [-0.1, -0.05) is 13.8 Å². The van der Waals surface area contributed by atoms with Crippen LogP contribution in [-0.4, -0.2) is 29.9 Å². The smallest absolute Gasteiger partial charge is 0.225 e. The lowest BCUT2D eigenvalue weighted by Gasteiger charge is -2.31. The maximum Gasteiger partial charge on any atom is 0.225 e. The standard InChI is InChI=1S/C13H26N2O/c1-4-15(9-10(2)3)13(16)11-5-7-12(14)8-6-11/h10-12H,4-9,14H2,1-3H3. The van der Waals surface area contributed by atoms with Gasteiger partial charge in [-0.25, -0.2) is 0 Å². The van der Waals surface area contributed by atoms with Crippen LogP contribution in [0.5, 0.6) is 0 Å². The molecule has 94 valence electrons. The third-order valence-corrected chi connectivity index (χ3v) is 3.40. The Kier molecular flexibility index (Phi) is 5.26. The second-order valence-electron chi connectivity index (χ2n) is 5.38. The first-order valence-corrected chi connectivity index (χ1v) is 6.59. The van der Waals surface area contributed by atoms with Gasteiger partial charge in [0, 0.05) is 25.0 Å². The van der Waals surface area contributed by atoms with E-state index in [1.165, 1.54) is 0 Å². The van der Waals surface area contributed by atoms with Crippen LogP contribution in [0.15, 0.2) is 0 Å². The Hall–Kier alpha value is -0.570. The van der Waals surface area contributed by atoms with E-state index >= 15 is 0 Å². The summed E-state index contributed by atoms with van der Waals surface area (Å²) in [6.07, 6.45) is 3.98. The van der Waals surface area contributed by atoms with Crippen LogP contribution in [0.3, 0.4) is 0 Å². The molecule has 0 aromatic carbocycles. The minimum atomic E-state index is 0.235. The topological polar surface area (TPSA) is 46.3 Å². The lowest BCUT2D eigenvalue weighted by molar-refractivity contribution is -0.137. The van der Waals surface area contributed by atoms with Crippen LogP contribution in [-0.2, 0) is 4.79 Å². The zero-order valence-electron chi connectivity index (χ0n) is 10.9. The molecular weight excluding hydrogens is 200 g/mol. The fourth-order valence-corrected chi connectivity index (χ4v) is 2.44. The number of carbonyl (C=O) groups excluding carboxylic acids is 1. The number of nitrogens with two attached hydrogens (primary N) is 1. The highest BCUT2D eigenvalue weighted by molar-refractivity contribution is 5.78. The Morgan fingerprint density at radius 1 is 1.31 bits per heavy atom. The van der Waals surface area contributed by atoms with E-state index in [2.05, 4.69) is 20.8 Å². The summed E-state index contributed by atoms with van der Waals surface area (Å²) in [5, 5.41) is 0. The van der Waals surface area contributed by atoms with Crippen LogP contribution < -0.4 is 5.73 Å². The summed E-state index contributed by atoms with van der Waals surface area (Å²) in [6, 6.07) is 0.323. The van der Waals surface area contributed by atoms with Crippen molar-refractivity contribution in [2.75, 3.05) is 13.1 Å². The second-order valence-corrected chi connectivity index (χ2v) is 5.38. The minimum absolute atomic E-state index is 0.235. The van der Waals surface area contributed by atoms with Gasteiger partial charge in [0.1, 0.15) is 0 Å². The van der Waals surface area contributed by atoms with Crippen molar-refractivity contribution in [3.05, 3.63) is 0 Å². The Morgan fingerprint density at radius 3 is 2.31 bits per heavy atom. The van der Waals surface area contributed by atoms with Gasteiger partial charge in [0.2, 0.25) is 5.91 Å². The van der Waals surface area contributed by atoms with Gasteiger partial charge in [-0.15, -0.1) is 0 Å². The van der Waals surface area contributed by atoms with E-state index in [4.69, 9.17) is 5.73 Å². The van der Waals surface area contributed by atoms with Crippen molar-refractivity contribution in [2.24, 2.45) is 17.6 Å². The monoisotopic (exact) mass is 226 g/mol. The van der Waals surface area contributed by atoms with Gasteiger partial charge in [-0.05, 0) is 38.5 Å². The zero-order valence-corrected chi connectivity index (χ0v) is 10.9. The highest BCUT2D eigenvalue weighted by Gasteiger charge is 2.27. The molecule has 16 heavy (non-hydrogen) atoms. The third-order valence-electron chi connectivity index (χ3n) is 3.40. The summed E-state index contributed by atoms with van der Waals surface area (Å²) in [5.41, 5.74) is 5.86. The van der Waals surface area contributed by atoms with Crippen molar-refractivity contribution < 1.29 is 4.79 Å². The van der Waals surface area contributed by atoms with Gasteiger partial charge < -0.3 is 10.6 Å². The summed E-state index contributed by atoms with van der Waals surface area (Å²) >= 11 is 0. The van der Waals surface area contributed by atoms with E-state index in [0.29, 0.717) is 17.9 Å². The average Bonchev–Trinajstić information content (AvgIpc) is 2.25. The number of carbonyl (C=O) groups is 1. The molecule has 3 heteroatoms. The molecule has 0 aromatic heterocycles. The van der Waals surface area contributed by atoms with E-state index in [1.807, 2.05) is 4.90 Å². The van der Waals surface area contributed by atoms with Crippen molar-refractivity contribution in [3.63, 3.8) is 0 Å². The molecule has 0 saturated heterocycles. The fourth-order valence-electron chi connectivity index (χ4n) is 2.44. The number of hydrogen-bond donors (Lipinski definition) is 1. The van der Waals surface area contributed by atoms with Crippen molar-refractivity contribution in [2.45, 2.75) is 52.5 Å². The van der Waals surface area contributed by atoms with Crippen LogP contribution in [0.1, 0.15) is 46.5 Å². The van der Waals surface area contributed by atoms with E-state index in [9.17, 15) is 4.79 Å². The Labute approximate surface area is 99.4 Å². The molecular formula is C13H26N2O. The Balaban J connectivity index is 2.48. The van der Waals surface area contributed by atoms with Crippen LogP contribution in [0.2, 0.25) is 0 Å². The maximum absolute atomic E-state index is 12.3. The molecule has 0 radical (unpaired) electrons. The van der Waals surface area contributed by atoms with Gasteiger partial charge in [-0.2, -0.15) is 0 Å². The first-order valence-electron chi connectivity index (χ1n) is 6.59. The van der Waals surface area contributed by atoms with Gasteiger partial charge >= 0.3 is 0 Å². The van der Waals surface area contributed by atoms with E-state index in [-0.39, 0.29) is 5.92 Å². The third kappa shape index (κ3) is 3.78. The van der Waals surface area contributed by atoms with E-state index in [1.54, 1.807) is 0 Å². The van der Waals surface area contributed by atoms with Crippen molar-refractivity contribution in [1.29, 1.82) is 0 Å². The first kappa shape index (κ1) is 13.5. The lowest BCUT2D eigenvalue weighted by Crippen LogP contribution is -2.41. The maximum atomic E-state index is 12.3. The molecule has 1 saturated carbocycles. The lowest BCUT2D eigenvalue weighted by atomic mass is 9.85. The summed E-state index contributed by atoms with van der Waals surface area (Å²) in [6.45, 7) is 8.10. The number of hydrogen-bond acceptors (Lipinski definition) is 2. The molecule has 0 unspecified atom stereocenters. The molecule has 0 spiro atoms. The van der Waals surface area contributed by atoms with Crippen LogP contribution in [0.4, 0.5) is 0 Å². The van der Waals surface area contributed by atoms with Gasteiger partial charge in [0.05, 0.1) is 0 Å². The molecule has 1 aliphatic carbocycles. The molecule has 0 aliphatic heterocycles. The Bertz CT molecular complexity index is 220. The van der Waals surface area contributed by atoms with Gasteiger partial charge in [0.15, 0.2) is 0 Å². The number of amides is 1. The van der Waals surface area contributed by atoms with Crippen molar-refractivity contribution in [3.8, 4) is 0 Å². The number of rotatable bonds is 4. The van der Waals surface area contributed by atoms with Crippen LogP contribution >= 0.6 is 0 Å². The molecule has 1 amide bonds. The normalized spacial score (nSPS) is 25.8. The van der Waals surface area contributed by atoms with E-state index in [0.717, 1.165) is 38.8 Å². The Morgan fingerprint density at radius 2 is 1.88 bits per heavy atom.